The number of carbonyl (C=O) groups is 1. The van der Waals surface area contributed by atoms with Crippen LogP contribution >= 0.6 is 0 Å². The Balaban J connectivity index is 2.40. The smallest absolute Gasteiger partial charge is 0.245 e. The molecule has 1 fully saturated rings. The van der Waals surface area contributed by atoms with Gasteiger partial charge < -0.3 is 5.11 Å². The van der Waals surface area contributed by atoms with Crippen LogP contribution in [0.3, 0.4) is 0 Å². The van der Waals surface area contributed by atoms with E-state index in [0.717, 1.165) is 30.5 Å². The number of phenols is 1. The third kappa shape index (κ3) is 5.19. The molecule has 1 aliphatic rings. The Morgan fingerprint density at radius 2 is 1.92 bits per heavy atom. The quantitative estimate of drug-likeness (QED) is 0.783. The Bertz CT molecular complexity index is 608. The SMILES string of the molecule is CC(C)(C)CC(C(=O)N1CCCNN1)c1ccc(O)c(C(C)(C)C)c1. The van der Waals surface area contributed by atoms with Crippen molar-refractivity contribution in [3.05, 3.63) is 29.3 Å². The summed E-state index contributed by atoms with van der Waals surface area (Å²) in [7, 11) is 0. The van der Waals surface area contributed by atoms with Crippen molar-refractivity contribution >= 4 is 5.91 Å². The Labute approximate surface area is 151 Å². The lowest BCUT2D eigenvalue weighted by Gasteiger charge is -2.34. The molecule has 2 rings (SSSR count). The topological polar surface area (TPSA) is 64.6 Å². The number of nitrogens with one attached hydrogen (secondary N) is 2. The third-order valence-corrected chi connectivity index (χ3v) is 4.51. The van der Waals surface area contributed by atoms with Crippen LogP contribution in [0.4, 0.5) is 0 Å². The molecule has 0 spiro atoms. The highest BCUT2D eigenvalue weighted by Gasteiger charge is 2.32. The Morgan fingerprint density at radius 3 is 2.44 bits per heavy atom. The summed E-state index contributed by atoms with van der Waals surface area (Å²) in [5.41, 5.74) is 7.72. The van der Waals surface area contributed by atoms with E-state index in [1.54, 1.807) is 11.1 Å². The number of hydrazine groups is 2. The van der Waals surface area contributed by atoms with Crippen molar-refractivity contribution in [3.63, 3.8) is 0 Å². The second kappa shape index (κ2) is 7.34. The van der Waals surface area contributed by atoms with Crippen LogP contribution in [-0.4, -0.2) is 29.1 Å². The number of benzene rings is 1. The molecular weight excluding hydrogens is 314 g/mol. The van der Waals surface area contributed by atoms with Crippen molar-refractivity contribution in [2.75, 3.05) is 13.1 Å². The number of carbonyl (C=O) groups excluding carboxylic acids is 1. The summed E-state index contributed by atoms with van der Waals surface area (Å²) in [5.74, 6) is 0.123. The van der Waals surface area contributed by atoms with Crippen LogP contribution in [0.2, 0.25) is 0 Å². The molecule has 1 atom stereocenters. The van der Waals surface area contributed by atoms with Crippen molar-refractivity contribution in [2.45, 2.75) is 65.7 Å². The molecule has 5 heteroatoms. The fourth-order valence-electron chi connectivity index (χ4n) is 3.22. The summed E-state index contributed by atoms with van der Waals surface area (Å²) < 4.78 is 0. The van der Waals surface area contributed by atoms with E-state index in [1.165, 1.54) is 0 Å². The fourth-order valence-corrected chi connectivity index (χ4v) is 3.22. The first-order valence-corrected chi connectivity index (χ1v) is 9.12. The predicted octanol–water partition coefficient (Wildman–Crippen LogP) is 3.45. The first-order chi connectivity index (χ1) is 11.5. The summed E-state index contributed by atoms with van der Waals surface area (Å²) in [4.78, 5) is 13.2. The van der Waals surface area contributed by atoms with Gasteiger partial charge in [0.1, 0.15) is 5.75 Å². The summed E-state index contributed by atoms with van der Waals surface area (Å²) in [5, 5.41) is 11.9. The molecule has 0 aliphatic carbocycles. The number of phenolic OH excluding ortho intramolecular Hbond substituents is 1. The molecule has 1 amide bonds. The van der Waals surface area contributed by atoms with Gasteiger partial charge in [0.2, 0.25) is 5.91 Å². The molecule has 1 saturated heterocycles. The van der Waals surface area contributed by atoms with E-state index < -0.39 is 0 Å². The number of amides is 1. The molecule has 3 N–H and O–H groups in total. The summed E-state index contributed by atoms with van der Waals surface area (Å²) in [6, 6.07) is 5.61. The normalized spacial score (nSPS) is 17.4. The van der Waals surface area contributed by atoms with Crippen LogP contribution in [-0.2, 0) is 10.2 Å². The van der Waals surface area contributed by atoms with Crippen molar-refractivity contribution in [1.29, 1.82) is 0 Å². The van der Waals surface area contributed by atoms with E-state index in [0.29, 0.717) is 6.54 Å². The number of rotatable bonds is 3. The fraction of sp³-hybridized carbons (Fsp3) is 0.650. The molecule has 1 aliphatic heterocycles. The van der Waals surface area contributed by atoms with Crippen molar-refractivity contribution in [1.82, 2.24) is 16.0 Å². The number of hydrogen-bond acceptors (Lipinski definition) is 4. The lowest BCUT2D eigenvalue weighted by atomic mass is 9.78. The number of aromatic hydroxyl groups is 1. The van der Waals surface area contributed by atoms with Gasteiger partial charge in [0, 0.05) is 13.1 Å². The maximum Gasteiger partial charge on any atom is 0.245 e. The lowest BCUT2D eigenvalue weighted by Crippen LogP contribution is -2.56. The Hall–Kier alpha value is -1.59. The minimum Gasteiger partial charge on any atom is -0.508 e. The molecule has 1 aromatic rings. The zero-order valence-corrected chi connectivity index (χ0v) is 16.4. The van der Waals surface area contributed by atoms with Gasteiger partial charge in [-0.1, -0.05) is 53.7 Å². The van der Waals surface area contributed by atoms with Crippen molar-refractivity contribution < 1.29 is 9.90 Å². The van der Waals surface area contributed by atoms with Crippen LogP contribution < -0.4 is 11.0 Å². The lowest BCUT2D eigenvalue weighted by molar-refractivity contribution is -0.139. The van der Waals surface area contributed by atoms with Crippen LogP contribution in [0.5, 0.6) is 5.75 Å². The highest BCUT2D eigenvalue weighted by atomic mass is 16.3. The minimum absolute atomic E-state index is 0.0172. The Morgan fingerprint density at radius 1 is 1.24 bits per heavy atom. The van der Waals surface area contributed by atoms with Crippen molar-refractivity contribution in [3.8, 4) is 5.75 Å². The van der Waals surface area contributed by atoms with Crippen LogP contribution in [0.25, 0.3) is 0 Å². The first-order valence-electron chi connectivity index (χ1n) is 9.12. The summed E-state index contributed by atoms with van der Waals surface area (Å²) in [6.45, 7) is 14.2. The molecule has 5 nitrogen and oxygen atoms in total. The summed E-state index contributed by atoms with van der Waals surface area (Å²) >= 11 is 0. The van der Waals surface area contributed by atoms with Crippen LogP contribution in [0.1, 0.15) is 71.4 Å². The van der Waals surface area contributed by atoms with E-state index in [9.17, 15) is 9.90 Å². The van der Waals surface area contributed by atoms with Gasteiger partial charge in [-0.3, -0.25) is 9.80 Å². The number of hydrogen-bond donors (Lipinski definition) is 3. The van der Waals surface area contributed by atoms with Crippen molar-refractivity contribution in [2.24, 2.45) is 5.41 Å². The van der Waals surface area contributed by atoms with Gasteiger partial charge >= 0.3 is 0 Å². The largest absolute Gasteiger partial charge is 0.508 e. The number of nitrogens with zero attached hydrogens (tertiary/aromatic N) is 1. The molecule has 1 aromatic carbocycles. The minimum atomic E-state index is -0.242. The van der Waals surface area contributed by atoms with E-state index in [4.69, 9.17) is 0 Å². The average molecular weight is 348 g/mol. The molecule has 0 aromatic heterocycles. The molecule has 1 unspecified atom stereocenters. The van der Waals surface area contributed by atoms with E-state index in [1.807, 2.05) is 12.1 Å². The van der Waals surface area contributed by atoms with E-state index in [2.05, 4.69) is 52.5 Å². The summed E-state index contributed by atoms with van der Waals surface area (Å²) in [6.07, 6.45) is 1.68. The molecule has 1 heterocycles. The van der Waals surface area contributed by atoms with Gasteiger partial charge in [0.05, 0.1) is 5.92 Å². The molecule has 0 radical (unpaired) electrons. The molecule has 0 saturated carbocycles. The van der Waals surface area contributed by atoms with E-state index >= 15 is 0 Å². The highest BCUT2D eigenvalue weighted by molar-refractivity contribution is 5.83. The van der Waals surface area contributed by atoms with Crippen LogP contribution in [0, 0.1) is 5.41 Å². The maximum absolute atomic E-state index is 13.2. The maximum atomic E-state index is 13.2. The monoisotopic (exact) mass is 347 g/mol. The predicted molar refractivity (Wildman–Crippen MR) is 101 cm³/mol. The molecular formula is C20H33N3O2. The molecule has 140 valence electrons. The zero-order chi connectivity index (χ0) is 18.8. The second-order valence-corrected chi connectivity index (χ2v) is 9.23. The van der Waals surface area contributed by atoms with Gasteiger partial charge in [-0.25, -0.2) is 5.43 Å². The van der Waals surface area contributed by atoms with Gasteiger partial charge in [0.25, 0.3) is 0 Å². The van der Waals surface area contributed by atoms with E-state index in [-0.39, 0.29) is 28.4 Å². The zero-order valence-electron chi connectivity index (χ0n) is 16.4. The second-order valence-electron chi connectivity index (χ2n) is 9.23. The third-order valence-electron chi connectivity index (χ3n) is 4.51. The highest BCUT2D eigenvalue weighted by Crippen LogP contribution is 2.37. The first kappa shape index (κ1) is 19.7. The van der Waals surface area contributed by atoms with Crippen LogP contribution in [0.15, 0.2) is 18.2 Å². The van der Waals surface area contributed by atoms with Gasteiger partial charge in [-0.05, 0) is 40.9 Å². The average Bonchev–Trinajstić information content (AvgIpc) is 2.51. The Kier molecular flexibility index (Phi) is 5.79. The standard InChI is InChI=1S/C20H33N3O2/c1-19(2,3)13-15(18(25)23-11-7-10-21-22-23)14-8-9-17(24)16(12-14)20(4,5)6/h8-9,12,15,21-22,24H,7,10-11,13H2,1-6H3. The van der Waals surface area contributed by atoms with Gasteiger partial charge in [0.15, 0.2) is 0 Å². The van der Waals surface area contributed by atoms with Gasteiger partial charge in [-0.15, -0.1) is 0 Å². The molecule has 0 bridgehead atoms. The van der Waals surface area contributed by atoms with Gasteiger partial charge in [-0.2, -0.15) is 5.53 Å². The molecule has 25 heavy (non-hydrogen) atoms.